The number of fused-ring (bicyclic) bond motifs is 3. The summed E-state index contributed by atoms with van der Waals surface area (Å²) in [4.78, 5) is 0. The third-order valence-corrected chi connectivity index (χ3v) is 6.99. The minimum Gasteiger partial charge on any atom is -0.356 e. The Morgan fingerprint density at radius 3 is 2.03 bits per heavy atom. The third kappa shape index (κ3) is 3.45. The van der Waals surface area contributed by atoms with Gasteiger partial charge in [0, 0.05) is 31.5 Å². The molecule has 32 heavy (non-hydrogen) atoms. The van der Waals surface area contributed by atoms with E-state index in [1.807, 2.05) is 17.4 Å². The Morgan fingerprint density at radius 1 is 0.469 bits per heavy atom. The molecule has 0 atom stereocenters. The van der Waals surface area contributed by atoms with Crippen molar-refractivity contribution < 1.29 is 0 Å². The lowest BCUT2D eigenvalue weighted by molar-refractivity contribution is 1.54. The van der Waals surface area contributed by atoms with Gasteiger partial charge in [-0.25, -0.2) is 0 Å². The molecule has 1 aromatic heterocycles. The smallest absolute Gasteiger partial charge is 0.0390 e. The van der Waals surface area contributed by atoms with Gasteiger partial charge in [-0.3, -0.25) is 0 Å². The van der Waals surface area contributed by atoms with E-state index in [4.69, 9.17) is 0 Å². The van der Waals surface area contributed by atoms with Crippen LogP contribution in [0.2, 0.25) is 0 Å². The van der Waals surface area contributed by atoms with Gasteiger partial charge in [0.25, 0.3) is 0 Å². The Kier molecular flexibility index (Phi) is 4.71. The molecule has 2 heteroatoms. The molecule has 1 N–H and O–H groups in total. The summed E-state index contributed by atoms with van der Waals surface area (Å²) in [5, 5.41) is 6.25. The first-order valence-corrected chi connectivity index (χ1v) is 11.6. The fourth-order valence-electron chi connectivity index (χ4n) is 4.32. The fourth-order valence-corrected chi connectivity index (χ4v) is 5.46. The van der Waals surface area contributed by atoms with Crippen LogP contribution < -0.4 is 5.32 Å². The van der Waals surface area contributed by atoms with Crippen molar-refractivity contribution in [3.63, 3.8) is 0 Å². The van der Waals surface area contributed by atoms with E-state index in [1.54, 1.807) is 0 Å². The molecule has 0 fully saturated rings. The molecule has 0 aliphatic heterocycles. The standard InChI is InChI=1S/C30H21NS/c1-2-8-21(9-3-1)22-16-18-24(19-17-22)31-25-11-6-10-23(20-25)26-13-7-15-29-30(26)27-12-4-5-14-28(27)32-29/h1-20,31H. The first-order chi connectivity index (χ1) is 15.8. The number of anilines is 2. The monoisotopic (exact) mass is 427 g/mol. The van der Waals surface area contributed by atoms with Gasteiger partial charge in [-0.1, -0.05) is 84.9 Å². The first kappa shape index (κ1) is 18.9. The predicted octanol–water partition coefficient (Wildman–Crippen LogP) is 9.13. The molecular weight excluding hydrogens is 406 g/mol. The molecule has 5 aromatic carbocycles. The molecule has 6 aromatic rings. The summed E-state index contributed by atoms with van der Waals surface area (Å²) in [6.45, 7) is 0. The number of hydrogen-bond donors (Lipinski definition) is 1. The molecule has 0 aliphatic rings. The molecule has 0 spiro atoms. The van der Waals surface area contributed by atoms with Crippen LogP contribution in [0.25, 0.3) is 42.4 Å². The van der Waals surface area contributed by atoms with Crippen molar-refractivity contribution in [1.82, 2.24) is 0 Å². The molecule has 0 amide bonds. The maximum absolute atomic E-state index is 3.57. The van der Waals surface area contributed by atoms with Gasteiger partial charge >= 0.3 is 0 Å². The lowest BCUT2D eigenvalue weighted by Gasteiger charge is -2.11. The molecular formula is C30H21NS. The fraction of sp³-hybridized carbons (Fsp3) is 0. The van der Waals surface area contributed by atoms with Gasteiger partial charge in [0.15, 0.2) is 0 Å². The van der Waals surface area contributed by atoms with Crippen LogP contribution in [0.3, 0.4) is 0 Å². The summed E-state index contributed by atoms with van der Waals surface area (Å²) in [7, 11) is 0. The number of nitrogens with one attached hydrogen (secondary N) is 1. The second-order valence-electron chi connectivity index (χ2n) is 7.93. The molecule has 0 radical (unpaired) electrons. The topological polar surface area (TPSA) is 12.0 Å². The maximum Gasteiger partial charge on any atom is 0.0390 e. The van der Waals surface area contributed by atoms with Gasteiger partial charge in [-0.2, -0.15) is 0 Å². The lowest BCUT2D eigenvalue weighted by Crippen LogP contribution is -1.91. The third-order valence-electron chi connectivity index (χ3n) is 5.86. The summed E-state index contributed by atoms with van der Waals surface area (Å²) in [5.74, 6) is 0. The number of rotatable bonds is 4. The molecule has 0 aliphatic carbocycles. The maximum atomic E-state index is 3.57. The van der Waals surface area contributed by atoms with Gasteiger partial charge in [0.2, 0.25) is 0 Å². The summed E-state index contributed by atoms with van der Waals surface area (Å²) in [6.07, 6.45) is 0. The van der Waals surface area contributed by atoms with Crippen LogP contribution in [-0.4, -0.2) is 0 Å². The van der Waals surface area contributed by atoms with E-state index >= 15 is 0 Å². The first-order valence-electron chi connectivity index (χ1n) is 10.8. The minimum absolute atomic E-state index is 1.08. The van der Waals surface area contributed by atoms with Crippen LogP contribution in [0, 0.1) is 0 Å². The number of benzene rings is 5. The SMILES string of the molecule is c1ccc(-c2ccc(Nc3cccc(-c4cccc5sc6ccccc6c45)c3)cc2)cc1. The van der Waals surface area contributed by atoms with Crippen molar-refractivity contribution in [2.45, 2.75) is 0 Å². The quantitative estimate of drug-likeness (QED) is 0.296. The average molecular weight is 428 g/mol. The second kappa shape index (κ2) is 7.99. The van der Waals surface area contributed by atoms with Crippen molar-refractivity contribution in [3.05, 3.63) is 121 Å². The van der Waals surface area contributed by atoms with Crippen molar-refractivity contribution in [3.8, 4) is 22.3 Å². The highest BCUT2D eigenvalue weighted by atomic mass is 32.1. The highest BCUT2D eigenvalue weighted by Gasteiger charge is 2.11. The van der Waals surface area contributed by atoms with Crippen LogP contribution >= 0.6 is 11.3 Å². The van der Waals surface area contributed by atoms with E-state index in [0.717, 1.165) is 11.4 Å². The summed E-state index contributed by atoms with van der Waals surface area (Å²) >= 11 is 1.86. The van der Waals surface area contributed by atoms with Gasteiger partial charge in [-0.05, 0) is 58.7 Å². The second-order valence-corrected chi connectivity index (χ2v) is 9.01. The Labute approximate surface area is 191 Å². The minimum atomic E-state index is 1.08. The molecule has 6 rings (SSSR count). The van der Waals surface area contributed by atoms with Crippen molar-refractivity contribution in [1.29, 1.82) is 0 Å². The number of hydrogen-bond acceptors (Lipinski definition) is 2. The van der Waals surface area contributed by atoms with Gasteiger partial charge in [0.05, 0.1) is 0 Å². The van der Waals surface area contributed by atoms with Crippen LogP contribution in [-0.2, 0) is 0 Å². The van der Waals surface area contributed by atoms with E-state index < -0.39 is 0 Å². The van der Waals surface area contributed by atoms with Crippen LogP contribution in [0.1, 0.15) is 0 Å². The highest BCUT2D eigenvalue weighted by molar-refractivity contribution is 7.25. The Bertz CT molecular complexity index is 1530. The Morgan fingerprint density at radius 2 is 1.16 bits per heavy atom. The van der Waals surface area contributed by atoms with E-state index in [9.17, 15) is 0 Å². The Hall–Kier alpha value is -3.88. The average Bonchev–Trinajstić information content (AvgIpc) is 3.24. The van der Waals surface area contributed by atoms with E-state index in [-0.39, 0.29) is 0 Å². The highest BCUT2D eigenvalue weighted by Crippen LogP contribution is 2.40. The van der Waals surface area contributed by atoms with E-state index in [0.29, 0.717) is 0 Å². The zero-order chi connectivity index (χ0) is 21.3. The molecule has 152 valence electrons. The van der Waals surface area contributed by atoms with Gasteiger partial charge < -0.3 is 5.32 Å². The molecule has 0 saturated carbocycles. The van der Waals surface area contributed by atoms with E-state index in [1.165, 1.54) is 42.4 Å². The van der Waals surface area contributed by atoms with Crippen LogP contribution in [0.4, 0.5) is 11.4 Å². The zero-order valence-corrected chi connectivity index (χ0v) is 18.3. The lowest BCUT2D eigenvalue weighted by atomic mass is 9.99. The van der Waals surface area contributed by atoms with Crippen molar-refractivity contribution in [2.75, 3.05) is 5.32 Å². The van der Waals surface area contributed by atoms with Gasteiger partial charge in [-0.15, -0.1) is 11.3 Å². The number of thiophene rings is 1. The zero-order valence-electron chi connectivity index (χ0n) is 17.5. The summed E-state index contributed by atoms with van der Waals surface area (Å²) in [6, 6.07) is 43.1. The molecule has 1 nitrogen and oxygen atoms in total. The largest absolute Gasteiger partial charge is 0.356 e. The van der Waals surface area contributed by atoms with Crippen LogP contribution in [0.15, 0.2) is 121 Å². The summed E-state index contributed by atoms with van der Waals surface area (Å²) in [5.41, 5.74) is 7.14. The van der Waals surface area contributed by atoms with Crippen LogP contribution in [0.5, 0.6) is 0 Å². The Balaban J connectivity index is 1.34. The molecule has 0 unspecified atom stereocenters. The van der Waals surface area contributed by atoms with Crippen molar-refractivity contribution >= 4 is 42.9 Å². The predicted molar refractivity (Wildman–Crippen MR) is 140 cm³/mol. The molecule has 0 bridgehead atoms. The summed E-state index contributed by atoms with van der Waals surface area (Å²) < 4.78 is 2.67. The van der Waals surface area contributed by atoms with Gasteiger partial charge in [0.1, 0.15) is 0 Å². The molecule has 1 heterocycles. The van der Waals surface area contributed by atoms with Crippen molar-refractivity contribution in [2.24, 2.45) is 0 Å². The normalized spacial score (nSPS) is 11.1. The van der Waals surface area contributed by atoms with E-state index in [2.05, 4.69) is 121 Å². The molecule has 0 saturated heterocycles.